The van der Waals surface area contributed by atoms with Crippen molar-refractivity contribution in [1.29, 1.82) is 0 Å². The first-order chi connectivity index (χ1) is 10.1. The van der Waals surface area contributed by atoms with E-state index < -0.39 is 35.9 Å². The van der Waals surface area contributed by atoms with Crippen molar-refractivity contribution in [2.75, 3.05) is 14.1 Å². The fourth-order valence-electron chi connectivity index (χ4n) is 3.92. The summed E-state index contributed by atoms with van der Waals surface area (Å²) in [7, 11) is 4.00. The SMILES string of the molecule is CN1C(C)(C)[C]([Hg][C]2=[N+]([O-])C(C)(C)N(C)C2(C)C)=[N+]([O-])C1(C)C. The van der Waals surface area contributed by atoms with Gasteiger partial charge < -0.3 is 0 Å². The topological polar surface area (TPSA) is 58.6 Å². The van der Waals surface area contributed by atoms with E-state index >= 15 is 0 Å². The first-order valence-electron chi connectivity index (χ1n) is 8.26. The van der Waals surface area contributed by atoms with Crippen LogP contribution in [0.25, 0.3) is 0 Å². The molecule has 0 aromatic carbocycles. The summed E-state index contributed by atoms with van der Waals surface area (Å²) in [5, 5.41) is 25.9. The molecule has 2 rings (SSSR count). The van der Waals surface area contributed by atoms with Crippen molar-refractivity contribution in [3.63, 3.8) is 0 Å². The van der Waals surface area contributed by atoms with Gasteiger partial charge in [0.2, 0.25) is 0 Å². The van der Waals surface area contributed by atoms with E-state index in [2.05, 4.69) is 37.5 Å². The predicted octanol–water partition coefficient (Wildman–Crippen LogP) is 1.81. The van der Waals surface area contributed by atoms with Crippen molar-refractivity contribution in [1.82, 2.24) is 9.80 Å². The van der Waals surface area contributed by atoms with E-state index in [1.54, 1.807) is 0 Å². The Morgan fingerprint density at radius 2 is 0.957 bits per heavy atom. The summed E-state index contributed by atoms with van der Waals surface area (Å²) in [6.45, 7) is 16.2. The van der Waals surface area contributed by atoms with Crippen LogP contribution in [0.4, 0.5) is 0 Å². The number of rotatable bonds is 2. The van der Waals surface area contributed by atoms with Crippen LogP contribution < -0.4 is 0 Å². The van der Waals surface area contributed by atoms with Gasteiger partial charge in [0.05, 0.1) is 0 Å². The summed E-state index contributed by atoms with van der Waals surface area (Å²) in [5.41, 5.74) is -1.70. The standard InChI is InChI=1S/2C8H15N2O.Hg/c2*1-7(2)6-10(11)8(3,4)9(7)5;/h2*1-5H3;. The number of hydrogen-bond donors (Lipinski definition) is 0. The molecule has 2 heterocycles. The maximum absolute atomic E-state index is 12.9. The van der Waals surface area contributed by atoms with Crippen LogP contribution in [-0.4, -0.2) is 62.2 Å². The molecule has 7 heteroatoms. The molecular weight excluding hydrogens is 481 g/mol. The monoisotopic (exact) mass is 512 g/mol. The minimum atomic E-state index is -2.10. The third-order valence-electron chi connectivity index (χ3n) is 6.55. The van der Waals surface area contributed by atoms with E-state index in [0.29, 0.717) is 0 Å². The molecular formula is C16H30HgN4O2. The first kappa shape index (κ1) is 19.1. The van der Waals surface area contributed by atoms with Crippen LogP contribution in [-0.2, 0) is 24.6 Å². The van der Waals surface area contributed by atoms with Gasteiger partial charge >= 0.3 is 153 Å². The summed E-state index contributed by atoms with van der Waals surface area (Å²) in [5.74, 6) is 0. The van der Waals surface area contributed by atoms with Gasteiger partial charge in [0.1, 0.15) is 0 Å². The van der Waals surface area contributed by atoms with Crippen LogP contribution in [0.1, 0.15) is 55.4 Å². The van der Waals surface area contributed by atoms with E-state index in [0.717, 1.165) is 6.44 Å². The second kappa shape index (κ2) is 5.15. The van der Waals surface area contributed by atoms with Gasteiger partial charge in [-0.15, -0.1) is 0 Å². The first-order valence-corrected chi connectivity index (χ1v) is 13.8. The van der Waals surface area contributed by atoms with Crippen molar-refractivity contribution >= 4 is 6.44 Å². The van der Waals surface area contributed by atoms with Crippen LogP contribution in [0.5, 0.6) is 0 Å². The molecule has 0 saturated heterocycles. The minimum absolute atomic E-state index is 0.290. The van der Waals surface area contributed by atoms with Gasteiger partial charge in [-0.1, -0.05) is 0 Å². The molecule has 0 spiro atoms. The van der Waals surface area contributed by atoms with Crippen LogP contribution in [0.2, 0.25) is 0 Å². The molecule has 23 heavy (non-hydrogen) atoms. The number of hydroxylamine groups is 2. The Morgan fingerprint density at radius 3 is 1.13 bits per heavy atom. The van der Waals surface area contributed by atoms with Crippen molar-refractivity contribution < 1.29 is 34.1 Å². The molecule has 6 nitrogen and oxygen atoms in total. The van der Waals surface area contributed by atoms with Gasteiger partial charge in [-0.3, -0.25) is 0 Å². The summed E-state index contributed by atoms with van der Waals surface area (Å²) in [4.78, 5) is 4.27. The van der Waals surface area contributed by atoms with E-state index in [4.69, 9.17) is 0 Å². The summed E-state index contributed by atoms with van der Waals surface area (Å²) < 4.78 is 4.33. The van der Waals surface area contributed by atoms with Crippen LogP contribution in [0, 0.1) is 10.4 Å². The molecule has 2 aliphatic heterocycles. The van der Waals surface area contributed by atoms with Gasteiger partial charge in [-0.25, -0.2) is 0 Å². The average Bonchev–Trinajstić information content (AvgIpc) is 2.60. The Labute approximate surface area is 152 Å². The fraction of sp³-hybridized carbons (Fsp3) is 0.875. The molecule has 0 unspecified atom stereocenters. The van der Waals surface area contributed by atoms with Crippen LogP contribution in [0.3, 0.4) is 0 Å². The second-order valence-electron chi connectivity index (χ2n) is 8.88. The molecule has 0 aliphatic carbocycles. The van der Waals surface area contributed by atoms with Gasteiger partial charge in [-0.05, 0) is 0 Å². The van der Waals surface area contributed by atoms with Gasteiger partial charge in [0.25, 0.3) is 0 Å². The summed E-state index contributed by atoms with van der Waals surface area (Å²) in [6.07, 6.45) is 0. The van der Waals surface area contributed by atoms with Crippen molar-refractivity contribution in [2.45, 2.75) is 77.8 Å². The molecule has 2 aliphatic rings. The zero-order chi connectivity index (χ0) is 18.2. The van der Waals surface area contributed by atoms with Crippen LogP contribution in [0.15, 0.2) is 0 Å². The Balaban J connectivity index is 2.55. The molecule has 0 aromatic rings. The Kier molecular flexibility index (Phi) is 4.28. The second-order valence-corrected chi connectivity index (χ2v) is 15.5. The molecule has 128 valence electrons. The normalized spacial score (nSPS) is 29.3. The van der Waals surface area contributed by atoms with Crippen molar-refractivity contribution in [3.8, 4) is 0 Å². The molecule has 0 saturated carbocycles. The van der Waals surface area contributed by atoms with Crippen molar-refractivity contribution in [2.24, 2.45) is 0 Å². The summed E-state index contributed by atoms with van der Waals surface area (Å²) in [6, 6.07) is 0. The zero-order valence-corrected chi connectivity index (χ0v) is 21.8. The molecule has 0 radical (unpaired) electrons. The molecule has 0 atom stereocenters. The van der Waals surface area contributed by atoms with E-state index in [9.17, 15) is 10.4 Å². The van der Waals surface area contributed by atoms with Crippen LogP contribution >= 0.6 is 0 Å². The quantitative estimate of drug-likeness (QED) is 0.323. The van der Waals surface area contributed by atoms with Gasteiger partial charge in [-0.2, -0.15) is 0 Å². The fourth-order valence-corrected chi connectivity index (χ4v) is 14.5. The molecule has 0 fully saturated rings. The molecule has 0 N–H and O–H groups in total. The Morgan fingerprint density at radius 1 is 0.696 bits per heavy atom. The Hall–Kier alpha value is -0.205. The molecule has 0 aromatic heterocycles. The Bertz CT molecular complexity index is 553. The number of nitrogens with zero attached hydrogens (tertiary/aromatic N) is 4. The predicted molar refractivity (Wildman–Crippen MR) is 89.1 cm³/mol. The van der Waals surface area contributed by atoms with Crippen molar-refractivity contribution in [3.05, 3.63) is 10.4 Å². The van der Waals surface area contributed by atoms with E-state index in [-0.39, 0.29) is 11.1 Å². The van der Waals surface area contributed by atoms with Gasteiger partial charge in [0.15, 0.2) is 0 Å². The molecule has 0 bridgehead atoms. The third kappa shape index (κ3) is 2.39. The molecule has 0 amide bonds. The average molecular weight is 511 g/mol. The van der Waals surface area contributed by atoms with E-state index in [1.807, 2.05) is 41.8 Å². The summed E-state index contributed by atoms with van der Waals surface area (Å²) >= 11 is -2.10. The van der Waals surface area contributed by atoms with Gasteiger partial charge in [0, 0.05) is 0 Å². The van der Waals surface area contributed by atoms with E-state index in [1.165, 1.54) is 9.48 Å². The maximum atomic E-state index is 12.9. The third-order valence-corrected chi connectivity index (χ3v) is 18.1. The zero-order valence-electron chi connectivity index (χ0n) is 16.3. The number of hydrogen-bond acceptors (Lipinski definition) is 4.